The minimum Gasteiger partial charge on any atom is -0.384 e. The molecule has 3 nitrogen and oxygen atoms in total. The maximum atomic E-state index is 13.0. The van der Waals surface area contributed by atoms with Gasteiger partial charge in [0.1, 0.15) is 0 Å². The van der Waals surface area contributed by atoms with E-state index in [-0.39, 0.29) is 18.0 Å². The second-order valence-corrected chi connectivity index (χ2v) is 5.67. The highest BCUT2D eigenvalue weighted by atomic mass is 79.9. The van der Waals surface area contributed by atoms with Gasteiger partial charge in [-0.05, 0) is 36.8 Å². The molecule has 2 aromatic rings. The van der Waals surface area contributed by atoms with Gasteiger partial charge in [0.2, 0.25) is 5.91 Å². The molecule has 1 amide bonds. The van der Waals surface area contributed by atoms with E-state index in [1.54, 1.807) is 0 Å². The van der Waals surface area contributed by atoms with Crippen LogP contribution in [-0.2, 0) is 4.79 Å². The van der Waals surface area contributed by atoms with Crippen molar-refractivity contribution >= 4 is 33.2 Å². The highest BCUT2D eigenvalue weighted by Gasteiger charge is 2.06. The Balaban J connectivity index is 1.82. The van der Waals surface area contributed by atoms with Crippen LogP contribution in [0.5, 0.6) is 0 Å². The smallest absolute Gasteiger partial charge is 0.226 e. The third-order valence-electron chi connectivity index (χ3n) is 3.06. The van der Waals surface area contributed by atoms with Crippen LogP contribution in [0.2, 0.25) is 0 Å². The number of carbonyl (C=O) groups is 1. The maximum absolute atomic E-state index is 13.0. The van der Waals surface area contributed by atoms with E-state index < -0.39 is 11.6 Å². The first-order chi connectivity index (χ1) is 10.5. The Labute approximate surface area is 135 Å². The lowest BCUT2D eigenvalue weighted by atomic mass is 10.2. The topological polar surface area (TPSA) is 41.1 Å². The summed E-state index contributed by atoms with van der Waals surface area (Å²) in [5.74, 6) is -2.20. The van der Waals surface area contributed by atoms with E-state index in [0.29, 0.717) is 6.54 Å². The Kier molecular flexibility index (Phi) is 5.49. The van der Waals surface area contributed by atoms with E-state index in [4.69, 9.17) is 0 Å². The molecule has 0 spiro atoms. The molecule has 0 atom stereocenters. The monoisotopic (exact) mass is 368 g/mol. The molecule has 0 bridgehead atoms. The molecule has 6 heteroatoms. The van der Waals surface area contributed by atoms with Gasteiger partial charge in [-0.3, -0.25) is 4.79 Å². The summed E-state index contributed by atoms with van der Waals surface area (Å²) in [7, 11) is 0. The number of hydrogen-bond donors (Lipinski definition) is 2. The molecular formula is C16H15BrF2N2O. The van der Waals surface area contributed by atoms with Crippen LogP contribution in [0.25, 0.3) is 0 Å². The van der Waals surface area contributed by atoms with Crippen LogP contribution in [0, 0.1) is 18.6 Å². The van der Waals surface area contributed by atoms with Gasteiger partial charge in [-0.1, -0.05) is 22.0 Å². The normalized spacial score (nSPS) is 10.4. The summed E-state index contributed by atoms with van der Waals surface area (Å²) in [5, 5.41) is 5.65. The lowest BCUT2D eigenvalue weighted by molar-refractivity contribution is -0.115. The van der Waals surface area contributed by atoms with Crippen molar-refractivity contribution in [2.24, 2.45) is 0 Å². The van der Waals surface area contributed by atoms with Crippen molar-refractivity contribution < 1.29 is 13.6 Å². The summed E-state index contributed by atoms with van der Waals surface area (Å²) < 4.78 is 26.8. The van der Waals surface area contributed by atoms with Crippen molar-refractivity contribution in [1.82, 2.24) is 0 Å². The van der Waals surface area contributed by atoms with E-state index in [2.05, 4.69) is 26.6 Å². The number of rotatable bonds is 5. The highest BCUT2D eigenvalue weighted by molar-refractivity contribution is 9.10. The molecule has 22 heavy (non-hydrogen) atoms. The number of benzene rings is 2. The molecule has 0 saturated heterocycles. The molecule has 0 heterocycles. The second-order valence-electron chi connectivity index (χ2n) is 4.82. The molecule has 116 valence electrons. The third-order valence-corrected chi connectivity index (χ3v) is 3.91. The van der Waals surface area contributed by atoms with Crippen molar-refractivity contribution in [3.63, 3.8) is 0 Å². The standard InChI is InChI=1S/C16H15BrF2N2O/c1-10-2-3-11(8-13(10)17)20-7-6-16(22)21-12-4-5-14(18)15(19)9-12/h2-5,8-9,20H,6-7H2,1H3,(H,21,22). The Morgan fingerprint density at radius 1 is 1.09 bits per heavy atom. The van der Waals surface area contributed by atoms with Gasteiger partial charge in [-0.15, -0.1) is 0 Å². The number of hydrogen-bond acceptors (Lipinski definition) is 2. The van der Waals surface area contributed by atoms with E-state index >= 15 is 0 Å². The molecule has 0 aliphatic carbocycles. The Morgan fingerprint density at radius 2 is 1.82 bits per heavy atom. The molecule has 2 N–H and O–H groups in total. The molecule has 0 aliphatic rings. The Bertz CT molecular complexity index is 692. The van der Waals surface area contributed by atoms with Crippen LogP contribution in [-0.4, -0.2) is 12.5 Å². The van der Waals surface area contributed by atoms with Gasteiger partial charge in [0.25, 0.3) is 0 Å². The van der Waals surface area contributed by atoms with Gasteiger partial charge < -0.3 is 10.6 Å². The molecule has 0 unspecified atom stereocenters. The zero-order chi connectivity index (χ0) is 16.1. The van der Waals surface area contributed by atoms with E-state index in [9.17, 15) is 13.6 Å². The molecule has 0 aromatic heterocycles. The van der Waals surface area contributed by atoms with Crippen LogP contribution in [0.4, 0.5) is 20.2 Å². The molecule has 0 aliphatic heterocycles. The third kappa shape index (κ3) is 4.53. The average molecular weight is 369 g/mol. The molecule has 0 saturated carbocycles. The summed E-state index contributed by atoms with van der Waals surface area (Å²) in [4.78, 5) is 11.7. The van der Waals surface area contributed by atoms with Crippen LogP contribution in [0.15, 0.2) is 40.9 Å². The number of amides is 1. The van der Waals surface area contributed by atoms with Gasteiger partial charge in [-0.2, -0.15) is 0 Å². The summed E-state index contributed by atoms with van der Waals surface area (Å²) in [6.45, 7) is 2.42. The molecule has 2 aromatic carbocycles. The van der Waals surface area contributed by atoms with Crippen molar-refractivity contribution in [2.75, 3.05) is 17.2 Å². The fourth-order valence-corrected chi connectivity index (χ4v) is 2.20. The maximum Gasteiger partial charge on any atom is 0.226 e. The van der Waals surface area contributed by atoms with Crippen molar-refractivity contribution in [2.45, 2.75) is 13.3 Å². The average Bonchev–Trinajstić information content (AvgIpc) is 2.47. The molecule has 0 fully saturated rings. The van der Waals surface area contributed by atoms with Crippen molar-refractivity contribution in [3.8, 4) is 0 Å². The van der Waals surface area contributed by atoms with Gasteiger partial charge in [-0.25, -0.2) is 8.78 Å². The lowest BCUT2D eigenvalue weighted by Crippen LogP contribution is -2.16. The SMILES string of the molecule is Cc1ccc(NCCC(=O)Nc2ccc(F)c(F)c2)cc1Br. The lowest BCUT2D eigenvalue weighted by Gasteiger charge is -2.09. The van der Waals surface area contributed by atoms with E-state index in [1.165, 1.54) is 6.07 Å². The quantitative estimate of drug-likeness (QED) is 0.816. The first-order valence-corrected chi connectivity index (χ1v) is 7.50. The highest BCUT2D eigenvalue weighted by Crippen LogP contribution is 2.20. The zero-order valence-electron chi connectivity index (χ0n) is 11.9. The van der Waals surface area contributed by atoms with Crippen molar-refractivity contribution in [3.05, 3.63) is 58.1 Å². The van der Waals surface area contributed by atoms with Gasteiger partial charge in [0.15, 0.2) is 11.6 Å². The number of carbonyl (C=O) groups excluding carboxylic acids is 1. The van der Waals surface area contributed by atoms with Crippen LogP contribution < -0.4 is 10.6 Å². The minimum absolute atomic E-state index is 0.213. The number of halogens is 3. The first kappa shape index (κ1) is 16.4. The Morgan fingerprint density at radius 3 is 2.50 bits per heavy atom. The number of aryl methyl sites for hydroxylation is 1. The molecule has 0 radical (unpaired) electrons. The Hall–Kier alpha value is -1.95. The predicted molar refractivity (Wildman–Crippen MR) is 87.0 cm³/mol. The minimum atomic E-state index is -0.986. The van der Waals surface area contributed by atoms with Gasteiger partial charge in [0.05, 0.1) is 0 Å². The summed E-state index contributed by atoms with van der Waals surface area (Å²) in [5.41, 5.74) is 2.27. The predicted octanol–water partition coefficient (Wildman–Crippen LogP) is 4.48. The second kappa shape index (κ2) is 7.35. The molecular weight excluding hydrogens is 354 g/mol. The molecule has 2 rings (SSSR count). The van der Waals surface area contributed by atoms with Gasteiger partial charge in [0, 0.05) is 34.9 Å². The van der Waals surface area contributed by atoms with Crippen LogP contribution >= 0.6 is 15.9 Å². The number of nitrogens with one attached hydrogen (secondary N) is 2. The van der Waals surface area contributed by atoms with Crippen LogP contribution in [0.1, 0.15) is 12.0 Å². The summed E-state index contributed by atoms with van der Waals surface area (Å²) in [6.07, 6.45) is 0.213. The van der Waals surface area contributed by atoms with E-state index in [0.717, 1.165) is 27.9 Å². The fourth-order valence-electron chi connectivity index (χ4n) is 1.82. The van der Waals surface area contributed by atoms with Crippen LogP contribution in [0.3, 0.4) is 0 Å². The summed E-state index contributed by atoms with van der Waals surface area (Å²) in [6, 6.07) is 9.08. The largest absolute Gasteiger partial charge is 0.384 e. The summed E-state index contributed by atoms with van der Waals surface area (Å²) >= 11 is 3.44. The fraction of sp³-hybridized carbons (Fsp3) is 0.188. The zero-order valence-corrected chi connectivity index (χ0v) is 13.5. The van der Waals surface area contributed by atoms with Gasteiger partial charge >= 0.3 is 0 Å². The number of anilines is 2. The first-order valence-electron chi connectivity index (χ1n) is 6.70. The van der Waals surface area contributed by atoms with Crippen molar-refractivity contribution in [1.29, 1.82) is 0 Å². The van der Waals surface area contributed by atoms with E-state index in [1.807, 2.05) is 25.1 Å².